The molecule has 3 rings (SSSR count). The maximum Gasteiger partial charge on any atom is 0.276 e. The van der Waals surface area contributed by atoms with Gasteiger partial charge in [0.1, 0.15) is 5.82 Å². The molecule has 0 aliphatic heterocycles. The molecule has 1 heterocycles. The van der Waals surface area contributed by atoms with Gasteiger partial charge in [0, 0.05) is 18.1 Å². The fourth-order valence-corrected chi connectivity index (χ4v) is 3.09. The van der Waals surface area contributed by atoms with E-state index in [-0.39, 0.29) is 11.6 Å². The Hall–Kier alpha value is -2.73. The fourth-order valence-electron chi connectivity index (χ4n) is 2.87. The molecule has 146 valence electrons. The molecule has 5 nitrogen and oxygen atoms in total. The highest BCUT2D eigenvalue weighted by atomic mass is 35.5. The molecule has 1 aromatic heterocycles. The summed E-state index contributed by atoms with van der Waals surface area (Å²) in [4.78, 5) is 14.8. The largest absolute Gasteiger partial charge is 0.333 e. The third-order valence-electron chi connectivity index (χ3n) is 4.39. The van der Waals surface area contributed by atoms with Crippen LogP contribution in [0.25, 0.3) is 0 Å². The van der Waals surface area contributed by atoms with E-state index in [1.165, 1.54) is 16.8 Å². The second kappa shape index (κ2) is 9.46. The van der Waals surface area contributed by atoms with Crippen LogP contribution in [0, 0.1) is 5.82 Å². The van der Waals surface area contributed by atoms with Crippen molar-refractivity contribution in [2.75, 3.05) is 6.54 Å². The third kappa shape index (κ3) is 5.16. The van der Waals surface area contributed by atoms with Gasteiger partial charge in [-0.25, -0.2) is 9.07 Å². The second-order valence-corrected chi connectivity index (χ2v) is 7.01. The SMILES string of the molecule is CCCCN(Cc1ccccc1)C(=O)c1cn(Cc2ccc(F)cc2Cl)nn1. The van der Waals surface area contributed by atoms with E-state index in [0.717, 1.165) is 18.4 Å². The summed E-state index contributed by atoms with van der Waals surface area (Å²) in [5, 5.41) is 8.38. The van der Waals surface area contributed by atoms with Crippen molar-refractivity contribution in [2.24, 2.45) is 0 Å². The van der Waals surface area contributed by atoms with Gasteiger partial charge in [-0.3, -0.25) is 4.79 Å². The van der Waals surface area contributed by atoms with Crippen molar-refractivity contribution in [2.45, 2.75) is 32.9 Å². The van der Waals surface area contributed by atoms with Crippen LogP contribution in [0.5, 0.6) is 0 Å². The van der Waals surface area contributed by atoms with Crippen molar-refractivity contribution in [1.29, 1.82) is 0 Å². The lowest BCUT2D eigenvalue weighted by Gasteiger charge is -2.21. The van der Waals surface area contributed by atoms with E-state index in [0.29, 0.717) is 30.2 Å². The summed E-state index contributed by atoms with van der Waals surface area (Å²) in [6.07, 6.45) is 3.51. The Morgan fingerprint density at radius 1 is 1.21 bits per heavy atom. The van der Waals surface area contributed by atoms with Crippen LogP contribution in [-0.2, 0) is 13.1 Å². The van der Waals surface area contributed by atoms with E-state index in [2.05, 4.69) is 17.2 Å². The highest BCUT2D eigenvalue weighted by Gasteiger charge is 2.19. The number of benzene rings is 2. The van der Waals surface area contributed by atoms with Gasteiger partial charge in [0.15, 0.2) is 5.69 Å². The van der Waals surface area contributed by atoms with Crippen LogP contribution >= 0.6 is 11.6 Å². The number of halogens is 2. The minimum absolute atomic E-state index is 0.159. The van der Waals surface area contributed by atoms with Gasteiger partial charge in [0.2, 0.25) is 0 Å². The molecule has 0 saturated heterocycles. The summed E-state index contributed by atoms with van der Waals surface area (Å²) in [5.74, 6) is -0.551. The summed E-state index contributed by atoms with van der Waals surface area (Å²) in [6.45, 7) is 3.58. The van der Waals surface area contributed by atoms with E-state index in [9.17, 15) is 9.18 Å². The molecule has 0 aliphatic carbocycles. The second-order valence-electron chi connectivity index (χ2n) is 6.60. The molecule has 0 N–H and O–H groups in total. The van der Waals surface area contributed by atoms with Gasteiger partial charge in [-0.15, -0.1) is 5.10 Å². The average molecular weight is 401 g/mol. The first-order chi connectivity index (χ1) is 13.6. The zero-order valence-corrected chi connectivity index (χ0v) is 16.4. The molecule has 7 heteroatoms. The van der Waals surface area contributed by atoms with Gasteiger partial charge in [-0.1, -0.05) is 66.6 Å². The van der Waals surface area contributed by atoms with Crippen LogP contribution in [0.15, 0.2) is 54.7 Å². The minimum atomic E-state index is -0.393. The molecular formula is C21H22ClFN4O. The van der Waals surface area contributed by atoms with Crippen molar-refractivity contribution >= 4 is 17.5 Å². The van der Waals surface area contributed by atoms with E-state index in [1.807, 2.05) is 30.3 Å². The lowest BCUT2D eigenvalue weighted by atomic mass is 10.2. The normalized spacial score (nSPS) is 10.8. The zero-order chi connectivity index (χ0) is 19.9. The molecule has 1 amide bonds. The van der Waals surface area contributed by atoms with Crippen LogP contribution in [0.2, 0.25) is 5.02 Å². The molecule has 0 aliphatic rings. The monoisotopic (exact) mass is 400 g/mol. The quantitative estimate of drug-likeness (QED) is 0.557. The van der Waals surface area contributed by atoms with Crippen LogP contribution < -0.4 is 0 Å². The first-order valence-electron chi connectivity index (χ1n) is 9.24. The first-order valence-corrected chi connectivity index (χ1v) is 9.62. The first kappa shape index (κ1) is 20.0. The van der Waals surface area contributed by atoms with Crippen LogP contribution in [0.3, 0.4) is 0 Å². The Morgan fingerprint density at radius 2 is 2.00 bits per heavy atom. The van der Waals surface area contributed by atoms with Gasteiger partial charge in [0.05, 0.1) is 12.7 Å². The number of carbonyl (C=O) groups excluding carboxylic acids is 1. The maximum absolute atomic E-state index is 13.2. The summed E-state index contributed by atoms with van der Waals surface area (Å²) < 4.78 is 14.7. The van der Waals surface area contributed by atoms with Gasteiger partial charge >= 0.3 is 0 Å². The fraction of sp³-hybridized carbons (Fsp3) is 0.286. The molecule has 0 radical (unpaired) electrons. The smallest absolute Gasteiger partial charge is 0.276 e. The molecule has 0 spiro atoms. The van der Waals surface area contributed by atoms with Crippen LogP contribution in [0.4, 0.5) is 4.39 Å². The van der Waals surface area contributed by atoms with Gasteiger partial charge < -0.3 is 4.90 Å². The number of carbonyl (C=O) groups is 1. The molecular weight excluding hydrogens is 379 g/mol. The highest BCUT2D eigenvalue weighted by Crippen LogP contribution is 2.18. The number of aromatic nitrogens is 3. The predicted molar refractivity (Wildman–Crippen MR) is 107 cm³/mol. The van der Waals surface area contributed by atoms with Crippen LogP contribution in [-0.4, -0.2) is 32.3 Å². The summed E-state index contributed by atoms with van der Waals surface area (Å²) >= 11 is 6.07. The number of unbranched alkanes of at least 4 members (excludes halogenated alkanes) is 1. The molecule has 0 unspecified atom stereocenters. The van der Waals surface area contributed by atoms with Crippen molar-refractivity contribution in [3.05, 3.63) is 82.4 Å². The lowest BCUT2D eigenvalue weighted by Crippen LogP contribution is -2.31. The molecule has 0 saturated carbocycles. The Bertz CT molecular complexity index is 929. The Kier molecular flexibility index (Phi) is 6.76. The number of rotatable bonds is 8. The molecule has 28 heavy (non-hydrogen) atoms. The Labute approximate surface area is 168 Å². The average Bonchev–Trinajstić information content (AvgIpc) is 3.16. The topological polar surface area (TPSA) is 51.0 Å². The Balaban J connectivity index is 1.74. The summed E-state index contributed by atoms with van der Waals surface area (Å²) in [5.41, 5.74) is 2.06. The van der Waals surface area contributed by atoms with Crippen LogP contribution in [0.1, 0.15) is 41.4 Å². The zero-order valence-electron chi connectivity index (χ0n) is 15.7. The van der Waals surface area contributed by atoms with Crippen molar-refractivity contribution < 1.29 is 9.18 Å². The van der Waals surface area contributed by atoms with Gasteiger partial charge in [-0.05, 0) is 29.7 Å². The number of nitrogens with zero attached hydrogens (tertiary/aromatic N) is 4. The summed E-state index contributed by atoms with van der Waals surface area (Å²) in [6, 6.07) is 14.1. The minimum Gasteiger partial charge on any atom is -0.333 e. The molecule has 0 fully saturated rings. The molecule has 0 bridgehead atoms. The van der Waals surface area contributed by atoms with E-state index in [1.54, 1.807) is 17.2 Å². The van der Waals surface area contributed by atoms with Gasteiger partial charge in [-0.2, -0.15) is 0 Å². The molecule has 2 aromatic carbocycles. The predicted octanol–water partition coefficient (Wildman–Crippen LogP) is 4.56. The highest BCUT2D eigenvalue weighted by molar-refractivity contribution is 6.31. The van der Waals surface area contributed by atoms with Crippen molar-refractivity contribution in [3.63, 3.8) is 0 Å². The van der Waals surface area contributed by atoms with E-state index >= 15 is 0 Å². The Morgan fingerprint density at radius 3 is 2.71 bits per heavy atom. The van der Waals surface area contributed by atoms with Crippen molar-refractivity contribution in [3.8, 4) is 0 Å². The number of hydrogen-bond donors (Lipinski definition) is 0. The third-order valence-corrected chi connectivity index (χ3v) is 4.74. The molecule has 3 aromatic rings. The lowest BCUT2D eigenvalue weighted by molar-refractivity contribution is 0.0734. The van der Waals surface area contributed by atoms with E-state index < -0.39 is 5.82 Å². The van der Waals surface area contributed by atoms with E-state index in [4.69, 9.17) is 11.6 Å². The maximum atomic E-state index is 13.2. The number of hydrogen-bond acceptors (Lipinski definition) is 3. The van der Waals surface area contributed by atoms with Gasteiger partial charge in [0.25, 0.3) is 5.91 Å². The molecule has 0 atom stereocenters. The van der Waals surface area contributed by atoms with Crippen molar-refractivity contribution in [1.82, 2.24) is 19.9 Å². The number of amides is 1. The standard InChI is InChI=1S/C21H22ClFN4O/c1-2-3-11-26(13-16-7-5-4-6-8-16)21(28)20-15-27(25-24-20)14-17-9-10-18(23)12-19(17)22/h4-10,12,15H,2-3,11,13-14H2,1H3. The summed E-state index contributed by atoms with van der Waals surface area (Å²) in [7, 11) is 0.